The van der Waals surface area contributed by atoms with Crippen molar-refractivity contribution in [2.24, 2.45) is 10.9 Å². The standard InChI is InChI=1S/C25H26Cl2FN3O2S2/c1-5-12-29-16(4)22(24(32)33-14-15(2)3)23-30(19-10-11-20(26)21(27)13-19)25(34)31(35-23)18-8-6-17(28)7-9-18/h6-11,13,15H,5,12,14H2,1-4H3. The molecule has 1 fully saturated rings. The molecule has 1 heterocycles. The zero-order valence-electron chi connectivity index (χ0n) is 19.8. The number of nitrogens with zero attached hydrogens (tertiary/aromatic N) is 3. The monoisotopic (exact) mass is 553 g/mol. The number of hydrogen-bond acceptors (Lipinski definition) is 5. The summed E-state index contributed by atoms with van der Waals surface area (Å²) in [6, 6.07) is 11.1. The van der Waals surface area contributed by atoms with Crippen molar-refractivity contribution in [3.63, 3.8) is 0 Å². The van der Waals surface area contributed by atoms with Gasteiger partial charge in [-0.05, 0) is 73.9 Å². The van der Waals surface area contributed by atoms with Crippen LogP contribution in [0.2, 0.25) is 10.0 Å². The Kier molecular flexibility index (Phi) is 9.58. The Bertz CT molecular complexity index is 1170. The van der Waals surface area contributed by atoms with E-state index in [1.165, 1.54) is 24.1 Å². The maximum atomic E-state index is 13.6. The molecule has 10 heteroatoms. The number of benzene rings is 2. The largest absolute Gasteiger partial charge is 0.462 e. The van der Waals surface area contributed by atoms with E-state index in [2.05, 4.69) is 4.99 Å². The number of halogens is 3. The number of carbonyl (C=O) groups excluding carboxylic acids is 1. The summed E-state index contributed by atoms with van der Waals surface area (Å²) in [7, 11) is 0. The number of ether oxygens (including phenoxy) is 1. The number of carbonyl (C=O) groups is 1. The smallest absolute Gasteiger partial charge is 0.342 e. The summed E-state index contributed by atoms with van der Waals surface area (Å²) in [4.78, 5) is 19.7. The molecule has 35 heavy (non-hydrogen) atoms. The van der Waals surface area contributed by atoms with Crippen molar-refractivity contribution in [2.75, 3.05) is 22.4 Å². The van der Waals surface area contributed by atoms with Crippen LogP contribution < -0.4 is 9.21 Å². The summed E-state index contributed by atoms with van der Waals surface area (Å²) in [5.41, 5.74) is 2.12. The third-order valence-electron chi connectivity index (χ3n) is 4.87. The first-order valence-electron chi connectivity index (χ1n) is 11.1. The first-order chi connectivity index (χ1) is 16.6. The molecule has 5 nitrogen and oxygen atoms in total. The van der Waals surface area contributed by atoms with Gasteiger partial charge in [-0.25, -0.2) is 9.18 Å². The molecule has 1 saturated heterocycles. The average Bonchev–Trinajstić information content (AvgIpc) is 3.15. The Labute approximate surface area is 225 Å². The van der Waals surface area contributed by atoms with Gasteiger partial charge in [0.05, 0.1) is 28.0 Å². The summed E-state index contributed by atoms with van der Waals surface area (Å²) in [6.07, 6.45) is 0.824. The van der Waals surface area contributed by atoms with Gasteiger partial charge < -0.3 is 4.74 Å². The summed E-state index contributed by atoms with van der Waals surface area (Å²) in [6.45, 7) is 8.56. The van der Waals surface area contributed by atoms with Gasteiger partial charge in [-0.15, -0.1) is 0 Å². The lowest BCUT2D eigenvalue weighted by molar-refractivity contribution is -0.139. The minimum atomic E-state index is -0.493. The normalized spacial score (nSPS) is 15.8. The molecule has 186 valence electrons. The lowest BCUT2D eigenvalue weighted by atomic mass is 10.1. The molecule has 2 aromatic rings. The average molecular weight is 555 g/mol. The van der Waals surface area contributed by atoms with Crippen LogP contribution in [-0.2, 0) is 9.53 Å². The Morgan fingerprint density at radius 1 is 1.14 bits per heavy atom. The number of aliphatic imine (C=N–C) groups is 1. The highest BCUT2D eigenvalue weighted by molar-refractivity contribution is 8.07. The summed E-state index contributed by atoms with van der Waals surface area (Å²) < 4.78 is 21.0. The molecule has 0 N–H and O–H groups in total. The fraction of sp³-hybridized carbons (Fsp3) is 0.320. The maximum Gasteiger partial charge on any atom is 0.342 e. The molecule has 0 unspecified atom stereocenters. The molecule has 0 radical (unpaired) electrons. The second-order valence-corrected chi connectivity index (χ2v) is 10.3. The molecule has 0 saturated carbocycles. The molecule has 0 bridgehead atoms. The van der Waals surface area contributed by atoms with Gasteiger partial charge in [-0.2, -0.15) is 0 Å². The Morgan fingerprint density at radius 3 is 2.40 bits per heavy atom. The SMILES string of the molecule is CCCN=C(C)C(C(=O)OCC(C)C)=C1SN(c2ccc(F)cc2)C(=S)N1c1ccc(Cl)c(Cl)c1. The van der Waals surface area contributed by atoms with E-state index in [4.69, 9.17) is 40.2 Å². The minimum Gasteiger partial charge on any atom is -0.462 e. The molecular weight excluding hydrogens is 528 g/mol. The highest BCUT2D eigenvalue weighted by atomic mass is 35.5. The molecule has 0 aromatic heterocycles. The van der Waals surface area contributed by atoms with Crippen molar-refractivity contribution >= 4 is 75.5 Å². The second kappa shape index (κ2) is 12.2. The van der Waals surface area contributed by atoms with Crippen molar-refractivity contribution < 1.29 is 13.9 Å². The zero-order valence-corrected chi connectivity index (χ0v) is 23.0. The lowest BCUT2D eigenvalue weighted by Gasteiger charge is -2.22. The number of esters is 1. The number of anilines is 2. The van der Waals surface area contributed by atoms with Crippen LogP contribution in [0, 0.1) is 11.7 Å². The van der Waals surface area contributed by atoms with Crippen LogP contribution in [0.4, 0.5) is 15.8 Å². The van der Waals surface area contributed by atoms with E-state index in [9.17, 15) is 9.18 Å². The fourth-order valence-corrected chi connectivity index (χ4v) is 5.08. The van der Waals surface area contributed by atoms with Gasteiger partial charge in [0, 0.05) is 24.2 Å². The third-order valence-corrected chi connectivity index (χ3v) is 7.21. The quantitative estimate of drug-likeness (QED) is 0.110. The van der Waals surface area contributed by atoms with E-state index in [0.717, 1.165) is 6.42 Å². The summed E-state index contributed by atoms with van der Waals surface area (Å²) in [5, 5.41) is 1.62. The summed E-state index contributed by atoms with van der Waals surface area (Å²) >= 11 is 19.5. The fourth-order valence-electron chi connectivity index (χ4n) is 3.16. The van der Waals surface area contributed by atoms with Gasteiger partial charge in [-0.3, -0.25) is 14.2 Å². The highest BCUT2D eigenvalue weighted by Crippen LogP contribution is 2.44. The Morgan fingerprint density at radius 2 is 1.80 bits per heavy atom. The van der Waals surface area contributed by atoms with Crippen molar-refractivity contribution in [2.45, 2.75) is 34.1 Å². The molecule has 0 atom stereocenters. The van der Waals surface area contributed by atoms with Gasteiger partial charge in [0.2, 0.25) is 0 Å². The predicted octanol–water partition coefficient (Wildman–Crippen LogP) is 7.67. The predicted molar refractivity (Wildman–Crippen MR) is 149 cm³/mol. The zero-order chi connectivity index (χ0) is 25.7. The van der Waals surface area contributed by atoms with Gasteiger partial charge in [-0.1, -0.05) is 44.0 Å². The van der Waals surface area contributed by atoms with Crippen molar-refractivity contribution in [1.82, 2.24) is 0 Å². The summed E-state index contributed by atoms with van der Waals surface area (Å²) in [5.74, 6) is -0.689. The van der Waals surface area contributed by atoms with Crippen LogP contribution in [0.3, 0.4) is 0 Å². The molecule has 2 aromatic carbocycles. The number of hydrogen-bond donors (Lipinski definition) is 0. The van der Waals surface area contributed by atoms with E-state index in [-0.39, 0.29) is 18.3 Å². The topological polar surface area (TPSA) is 45.1 Å². The van der Waals surface area contributed by atoms with Crippen LogP contribution >= 0.6 is 47.4 Å². The molecule has 0 aliphatic carbocycles. The third kappa shape index (κ3) is 6.55. The highest BCUT2D eigenvalue weighted by Gasteiger charge is 2.38. The number of thiocarbonyl (C=S) groups is 1. The van der Waals surface area contributed by atoms with E-state index >= 15 is 0 Å². The van der Waals surface area contributed by atoms with Gasteiger partial charge in [0.25, 0.3) is 0 Å². The molecule has 1 aliphatic heterocycles. The van der Waals surface area contributed by atoms with Crippen LogP contribution in [0.5, 0.6) is 0 Å². The van der Waals surface area contributed by atoms with E-state index in [0.29, 0.717) is 49.4 Å². The second-order valence-electron chi connectivity index (χ2n) is 8.22. The maximum absolute atomic E-state index is 13.6. The Hall–Kier alpha value is -2.13. The number of rotatable bonds is 8. The first kappa shape index (κ1) is 27.5. The minimum absolute atomic E-state index is 0.164. The van der Waals surface area contributed by atoms with E-state index < -0.39 is 5.97 Å². The molecule has 0 amide bonds. The Balaban J connectivity index is 2.21. The van der Waals surface area contributed by atoms with Gasteiger partial charge in [0.15, 0.2) is 5.11 Å². The molecule has 0 spiro atoms. The molecule has 3 rings (SSSR count). The van der Waals surface area contributed by atoms with Crippen LogP contribution in [-0.4, -0.2) is 29.9 Å². The van der Waals surface area contributed by atoms with Gasteiger partial charge in [0.1, 0.15) is 16.4 Å². The van der Waals surface area contributed by atoms with Crippen LogP contribution in [0.25, 0.3) is 0 Å². The lowest BCUT2D eigenvalue weighted by Crippen LogP contribution is -2.31. The van der Waals surface area contributed by atoms with Crippen molar-refractivity contribution in [3.05, 3.63) is 68.9 Å². The molecular formula is C25H26Cl2FN3O2S2. The van der Waals surface area contributed by atoms with Crippen LogP contribution in [0.1, 0.15) is 34.1 Å². The van der Waals surface area contributed by atoms with Crippen LogP contribution in [0.15, 0.2) is 58.1 Å². The van der Waals surface area contributed by atoms with Crippen molar-refractivity contribution in [1.29, 1.82) is 0 Å². The van der Waals surface area contributed by atoms with Crippen molar-refractivity contribution in [3.8, 4) is 0 Å². The van der Waals surface area contributed by atoms with E-state index in [1.54, 1.807) is 46.5 Å². The van der Waals surface area contributed by atoms with Gasteiger partial charge >= 0.3 is 5.97 Å². The first-order valence-corrected chi connectivity index (χ1v) is 13.0. The molecule has 1 aliphatic rings. The van der Waals surface area contributed by atoms with E-state index in [1.807, 2.05) is 20.8 Å².